The van der Waals surface area contributed by atoms with Gasteiger partial charge in [-0.25, -0.2) is 0 Å². The van der Waals surface area contributed by atoms with Crippen LogP contribution in [0.3, 0.4) is 0 Å². The molecule has 0 atom stereocenters. The van der Waals surface area contributed by atoms with Crippen molar-refractivity contribution >= 4 is 5.91 Å². The second-order valence-electron chi connectivity index (χ2n) is 7.05. The summed E-state index contributed by atoms with van der Waals surface area (Å²) in [6.45, 7) is 11.4. The van der Waals surface area contributed by atoms with Crippen LogP contribution in [0.5, 0.6) is 0 Å². The van der Waals surface area contributed by atoms with Gasteiger partial charge in [0, 0.05) is 18.7 Å². The Balaban J connectivity index is 4.39. The van der Waals surface area contributed by atoms with E-state index in [0.717, 1.165) is 11.3 Å². The van der Waals surface area contributed by atoms with Crippen LogP contribution in [0.1, 0.15) is 48.0 Å². The van der Waals surface area contributed by atoms with Crippen molar-refractivity contribution < 1.29 is 22.7 Å². The van der Waals surface area contributed by atoms with E-state index in [2.05, 4.69) is 20.8 Å². The van der Waals surface area contributed by atoms with Crippen molar-refractivity contribution in [3.63, 3.8) is 0 Å². The van der Waals surface area contributed by atoms with Crippen LogP contribution >= 0.6 is 0 Å². The minimum Gasteiger partial charge on any atom is -0.380 e. The van der Waals surface area contributed by atoms with E-state index in [1.54, 1.807) is 20.8 Å². The Labute approximate surface area is 119 Å². The van der Waals surface area contributed by atoms with Crippen molar-refractivity contribution in [1.29, 1.82) is 0 Å². The molecule has 0 aromatic heterocycles. The number of carbonyl (C=O) groups is 1. The lowest BCUT2D eigenvalue weighted by Gasteiger charge is -2.36. The van der Waals surface area contributed by atoms with Gasteiger partial charge in [-0.2, -0.15) is 13.2 Å². The molecule has 0 saturated heterocycles. The van der Waals surface area contributed by atoms with E-state index in [1.165, 1.54) is 0 Å². The van der Waals surface area contributed by atoms with Crippen molar-refractivity contribution in [2.75, 3.05) is 19.8 Å². The SMILES string of the molecule is CC(C)(C)CCOCCN(C(=O)C(F)(F)F)C(C)(C)C. The van der Waals surface area contributed by atoms with Crippen LogP contribution in [0.25, 0.3) is 0 Å². The molecule has 0 aliphatic rings. The van der Waals surface area contributed by atoms with Gasteiger partial charge in [-0.15, -0.1) is 0 Å². The first kappa shape index (κ1) is 19.2. The van der Waals surface area contributed by atoms with E-state index in [-0.39, 0.29) is 18.6 Å². The summed E-state index contributed by atoms with van der Waals surface area (Å²) in [7, 11) is 0. The molecule has 0 unspecified atom stereocenters. The molecule has 0 aliphatic heterocycles. The third-order valence-electron chi connectivity index (χ3n) is 2.75. The molecule has 0 aromatic rings. The molecule has 3 nitrogen and oxygen atoms in total. The number of rotatable bonds is 5. The van der Waals surface area contributed by atoms with Crippen molar-refractivity contribution in [3.8, 4) is 0 Å². The molecule has 20 heavy (non-hydrogen) atoms. The van der Waals surface area contributed by atoms with Crippen LogP contribution in [-0.2, 0) is 9.53 Å². The number of nitrogens with zero attached hydrogens (tertiary/aromatic N) is 1. The van der Waals surface area contributed by atoms with Crippen molar-refractivity contribution in [2.45, 2.75) is 59.7 Å². The van der Waals surface area contributed by atoms with Crippen molar-refractivity contribution in [1.82, 2.24) is 4.90 Å². The van der Waals surface area contributed by atoms with Crippen molar-refractivity contribution in [3.05, 3.63) is 0 Å². The fourth-order valence-corrected chi connectivity index (χ4v) is 1.53. The molecule has 0 radical (unpaired) electrons. The smallest absolute Gasteiger partial charge is 0.380 e. The van der Waals surface area contributed by atoms with Gasteiger partial charge in [0.1, 0.15) is 0 Å². The zero-order valence-electron chi connectivity index (χ0n) is 13.2. The molecule has 120 valence electrons. The molecule has 0 aliphatic carbocycles. The van der Waals surface area contributed by atoms with Crippen LogP contribution in [-0.4, -0.2) is 42.3 Å². The lowest BCUT2D eigenvalue weighted by molar-refractivity contribution is -0.191. The molecule has 0 spiro atoms. The Morgan fingerprint density at radius 1 is 1.00 bits per heavy atom. The Hall–Kier alpha value is -0.780. The molecular weight excluding hydrogens is 271 g/mol. The number of hydrogen-bond acceptors (Lipinski definition) is 2. The summed E-state index contributed by atoms with van der Waals surface area (Å²) in [5.41, 5.74) is -0.772. The van der Waals surface area contributed by atoms with E-state index >= 15 is 0 Å². The third kappa shape index (κ3) is 7.72. The van der Waals surface area contributed by atoms with Gasteiger partial charge in [-0.1, -0.05) is 20.8 Å². The highest BCUT2D eigenvalue weighted by Gasteiger charge is 2.45. The highest BCUT2D eigenvalue weighted by molar-refractivity contribution is 5.82. The highest BCUT2D eigenvalue weighted by Crippen LogP contribution is 2.24. The first-order valence-corrected chi connectivity index (χ1v) is 6.72. The average molecular weight is 297 g/mol. The van der Waals surface area contributed by atoms with E-state index in [1.807, 2.05) is 0 Å². The number of ether oxygens (including phenoxy) is 1. The fraction of sp³-hybridized carbons (Fsp3) is 0.929. The first-order chi connectivity index (χ1) is 8.75. The van der Waals surface area contributed by atoms with E-state index in [0.29, 0.717) is 6.61 Å². The second-order valence-corrected chi connectivity index (χ2v) is 7.05. The van der Waals surface area contributed by atoms with Crippen LogP contribution in [0.15, 0.2) is 0 Å². The van der Waals surface area contributed by atoms with E-state index < -0.39 is 17.6 Å². The van der Waals surface area contributed by atoms with Gasteiger partial charge in [0.05, 0.1) is 6.61 Å². The van der Waals surface area contributed by atoms with Gasteiger partial charge < -0.3 is 9.64 Å². The van der Waals surface area contributed by atoms with Gasteiger partial charge in [0.2, 0.25) is 0 Å². The zero-order valence-corrected chi connectivity index (χ0v) is 13.2. The molecule has 0 fully saturated rings. The highest BCUT2D eigenvalue weighted by atomic mass is 19.4. The average Bonchev–Trinajstić information content (AvgIpc) is 2.17. The largest absolute Gasteiger partial charge is 0.471 e. The molecule has 0 N–H and O–H groups in total. The topological polar surface area (TPSA) is 29.5 Å². The maximum atomic E-state index is 12.5. The predicted octanol–water partition coefficient (Wildman–Crippen LogP) is 3.63. The predicted molar refractivity (Wildman–Crippen MR) is 72.4 cm³/mol. The number of halogens is 3. The summed E-state index contributed by atoms with van der Waals surface area (Å²) in [5.74, 6) is -1.82. The summed E-state index contributed by atoms with van der Waals surface area (Å²) in [4.78, 5) is 12.2. The number of hydrogen-bond donors (Lipinski definition) is 0. The maximum absolute atomic E-state index is 12.5. The summed E-state index contributed by atoms with van der Waals surface area (Å²) in [6.07, 6.45) is -4.03. The van der Waals surface area contributed by atoms with Gasteiger partial charge in [-0.3, -0.25) is 4.79 Å². The number of amides is 1. The minimum atomic E-state index is -4.85. The fourth-order valence-electron chi connectivity index (χ4n) is 1.53. The third-order valence-corrected chi connectivity index (χ3v) is 2.75. The summed E-state index contributed by atoms with van der Waals surface area (Å²) < 4.78 is 42.9. The first-order valence-electron chi connectivity index (χ1n) is 6.72. The van der Waals surface area contributed by atoms with Gasteiger partial charge in [-0.05, 0) is 32.6 Å². The Kier molecular flexibility index (Phi) is 6.52. The number of alkyl halides is 3. The summed E-state index contributed by atoms with van der Waals surface area (Å²) in [5, 5.41) is 0. The molecule has 1 amide bonds. The molecule has 0 bridgehead atoms. The number of carbonyl (C=O) groups excluding carboxylic acids is 1. The molecule has 0 rings (SSSR count). The van der Waals surface area contributed by atoms with Crippen LogP contribution in [0, 0.1) is 5.41 Å². The van der Waals surface area contributed by atoms with E-state index in [4.69, 9.17) is 4.74 Å². The molecule has 0 heterocycles. The van der Waals surface area contributed by atoms with Gasteiger partial charge in [0.15, 0.2) is 0 Å². The lowest BCUT2D eigenvalue weighted by Crippen LogP contribution is -2.52. The van der Waals surface area contributed by atoms with Gasteiger partial charge >= 0.3 is 12.1 Å². The molecule has 6 heteroatoms. The monoisotopic (exact) mass is 297 g/mol. The minimum absolute atomic E-state index is 0.0635. The van der Waals surface area contributed by atoms with Crippen LogP contribution in [0.4, 0.5) is 13.2 Å². The lowest BCUT2D eigenvalue weighted by atomic mass is 9.93. The second kappa shape index (κ2) is 6.78. The van der Waals surface area contributed by atoms with E-state index in [9.17, 15) is 18.0 Å². The Morgan fingerprint density at radius 2 is 1.50 bits per heavy atom. The Morgan fingerprint density at radius 3 is 1.85 bits per heavy atom. The quantitative estimate of drug-likeness (QED) is 0.725. The van der Waals surface area contributed by atoms with Crippen LogP contribution < -0.4 is 0 Å². The summed E-state index contributed by atoms with van der Waals surface area (Å²) >= 11 is 0. The molecular formula is C14H26F3NO2. The molecule has 0 saturated carbocycles. The zero-order chi connectivity index (χ0) is 16.2. The van der Waals surface area contributed by atoms with Crippen LogP contribution in [0.2, 0.25) is 0 Å². The summed E-state index contributed by atoms with van der Waals surface area (Å²) in [6, 6.07) is 0. The Bertz CT molecular complexity index is 314. The molecule has 0 aromatic carbocycles. The standard InChI is InChI=1S/C14H26F3NO2/c1-12(2,3)7-9-20-10-8-18(13(4,5)6)11(19)14(15,16)17/h7-10H2,1-6H3. The normalized spacial score (nSPS) is 13.4. The maximum Gasteiger partial charge on any atom is 0.471 e. The van der Waals surface area contributed by atoms with Gasteiger partial charge in [0.25, 0.3) is 0 Å². The van der Waals surface area contributed by atoms with Crippen molar-refractivity contribution in [2.24, 2.45) is 5.41 Å².